The second kappa shape index (κ2) is 8.78. The number of hydrogen-bond acceptors (Lipinski definition) is 4. The SMILES string of the molecule is Cc1ccc(N2C[C@H](C(C)C)N=C2/C=C2\N[C@@H](C(C)C)CN2c2ccc(C)cc2)cc1. The van der Waals surface area contributed by atoms with Gasteiger partial charge in [-0.3, -0.25) is 4.99 Å². The highest BCUT2D eigenvalue weighted by Gasteiger charge is 2.32. The van der Waals surface area contributed by atoms with Crippen LogP contribution in [0, 0.1) is 25.7 Å². The lowest BCUT2D eigenvalue weighted by molar-refractivity contribution is 0.481. The summed E-state index contributed by atoms with van der Waals surface area (Å²) in [5.74, 6) is 3.26. The Kier molecular flexibility index (Phi) is 6.08. The van der Waals surface area contributed by atoms with E-state index in [1.165, 1.54) is 22.5 Å². The molecule has 0 amide bonds. The fraction of sp³-hybridized carbons (Fsp3) is 0.444. The van der Waals surface area contributed by atoms with Gasteiger partial charge in [0.2, 0.25) is 0 Å². The van der Waals surface area contributed by atoms with Crippen molar-refractivity contribution in [1.82, 2.24) is 5.32 Å². The van der Waals surface area contributed by atoms with Gasteiger partial charge in [0.15, 0.2) is 0 Å². The molecule has 0 aromatic heterocycles. The van der Waals surface area contributed by atoms with Gasteiger partial charge in [0, 0.05) is 36.6 Å². The number of rotatable bonds is 5. The topological polar surface area (TPSA) is 30.9 Å². The third kappa shape index (κ3) is 4.63. The molecule has 0 radical (unpaired) electrons. The monoisotopic (exact) mass is 416 g/mol. The predicted octanol–water partition coefficient (Wildman–Crippen LogP) is 5.52. The Morgan fingerprint density at radius 1 is 0.806 bits per heavy atom. The molecule has 2 aromatic carbocycles. The van der Waals surface area contributed by atoms with Crippen molar-refractivity contribution < 1.29 is 0 Å². The Labute approximate surface area is 187 Å². The summed E-state index contributed by atoms with van der Waals surface area (Å²) in [6.45, 7) is 15.3. The zero-order valence-electron chi connectivity index (χ0n) is 19.8. The van der Waals surface area contributed by atoms with E-state index >= 15 is 0 Å². The lowest BCUT2D eigenvalue weighted by atomic mass is 10.1. The third-order valence-corrected chi connectivity index (χ3v) is 6.48. The quantitative estimate of drug-likeness (QED) is 0.696. The second-order valence-corrected chi connectivity index (χ2v) is 9.72. The van der Waals surface area contributed by atoms with Crippen LogP contribution in [0.1, 0.15) is 38.8 Å². The summed E-state index contributed by atoms with van der Waals surface area (Å²) < 4.78 is 0. The van der Waals surface area contributed by atoms with Gasteiger partial charge in [-0.15, -0.1) is 0 Å². The summed E-state index contributed by atoms with van der Waals surface area (Å²) in [4.78, 5) is 9.92. The summed E-state index contributed by atoms with van der Waals surface area (Å²) in [7, 11) is 0. The van der Waals surface area contributed by atoms with Gasteiger partial charge in [-0.2, -0.15) is 0 Å². The molecule has 0 saturated carbocycles. The highest BCUT2D eigenvalue weighted by molar-refractivity contribution is 6.08. The molecule has 2 heterocycles. The smallest absolute Gasteiger partial charge is 0.132 e. The van der Waals surface area contributed by atoms with Crippen molar-refractivity contribution >= 4 is 17.2 Å². The number of aliphatic imine (C=N–C) groups is 1. The summed E-state index contributed by atoms with van der Waals surface area (Å²) in [5.41, 5.74) is 5.01. The highest BCUT2D eigenvalue weighted by atomic mass is 15.3. The van der Waals surface area contributed by atoms with Gasteiger partial charge in [-0.1, -0.05) is 63.1 Å². The van der Waals surface area contributed by atoms with Gasteiger partial charge < -0.3 is 15.1 Å². The number of nitrogens with one attached hydrogen (secondary N) is 1. The summed E-state index contributed by atoms with van der Waals surface area (Å²) in [6, 6.07) is 18.3. The zero-order valence-corrected chi connectivity index (χ0v) is 19.8. The van der Waals surface area contributed by atoms with Gasteiger partial charge in [-0.05, 0) is 49.9 Å². The van der Waals surface area contributed by atoms with Crippen molar-refractivity contribution in [2.75, 3.05) is 22.9 Å². The molecule has 2 aliphatic rings. The van der Waals surface area contributed by atoms with E-state index in [4.69, 9.17) is 4.99 Å². The molecule has 31 heavy (non-hydrogen) atoms. The number of benzene rings is 2. The summed E-state index contributed by atoms with van der Waals surface area (Å²) in [6.07, 6.45) is 2.25. The standard InChI is InChI=1S/C27H36N4/c1-18(2)24-16-30(22-11-7-20(5)8-12-22)26(28-24)15-27-29-25(19(3)4)17-31(27)23-13-9-21(6)10-14-23/h7-15,18-19,24-25,28H,16-17H2,1-6H3/b26-15+/t24-,25-/m1/s1. The minimum Gasteiger partial charge on any atom is -0.367 e. The van der Waals surface area contributed by atoms with E-state index in [1.54, 1.807) is 0 Å². The zero-order chi connectivity index (χ0) is 22.1. The Bertz CT molecular complexity index is 954. The van der Waals surface area contributed by atoms with Gasteiger partial charge in [0.1, 0.15) is 11.7 Å². The molecular formula is C27H36N4. The Balaban J connectivity index is 1.71. The minimum absolute atomic E-state index is 0.309. The highest BCUT2D eigenvalue weighted by Crippen LogP contribution is 2.29. The average molecular weight is 417 g/mol. The number of amidine groups is 1. The minimum atomic E-state index is 0.309. The maximum absolute atomic E-state index is 5.14. The van der Waals surface area contributed by atoms with E-state index in [0.29, 0.717) is 23.9 Å². The van der Waals surface area contributed by atoms with Crippen LogP contribution in [0.25, 0.3) is 0 Å². The van der Waals surface area contributed by atoms with Gasteiger partial charge >= 0.3 is 0 Å². The van der Waals surface area contributed by atoms with E-state index in [0.717, 1.165) is 24.7 Å². The predicted molar refractivity (Wildman–Crippen MR) is 133 cm³/mol. The molecule has 0 aliphatic carbocycles. The molecule has 0 spiro atoms. The van der Waals surface area contributed by atoms with Crippen LogP contribution in [-0.2, 0) is 0 Å². The Morgan fingerprint density at radius 2 is 1.35 bits per heavy atom. The van der Waals surface area contributed by atoms with E-state index in [-0.39, 0.29) is 0 Å². The van der Waals surface area contributed by atoms with Crippen LogP contribution in [0.15, 0.2) is 65.4 Å². The molecule has 1 N–H and O–H groups in total. The lowest BCUT2D eigenvalue weighted by Crippen LogP contribution is -2.31. The van der Waals surface area contributed by atoms with Crippen LogP contribution in [0.3, 0.4) is 0 Å². The second-order valence-electron chi connectivity index (χ2n) is 9.72. The van der Waals surface area contributed by atoms with Crippen LogP contribution in [-0.4, -0.2) is 31.0 Å². The maximum atomic E-state index is 5.14. The number of anilines is 2. The number of nitrogens with zero attached hydrogens (tertiary/aromatic N) is 3. The van der Waals surface area contributed by atoms with Gasteiger partial charge in [0.25, 0.3) is 0 Å². The van der Waals surface area contributed by atoms with Crippen LogP contribution >= 0.6 is 0 Å². The average Bonchev–Trinajstić information content (AvgIpc) is 3.35. The molecule has 4 rings (SSSR count). The molecule has 2 aromatic rings. The maximum Gasteiger partial charge on any atom is 0.132 e. The molecule has 4 nitrogen and oxygen atoms in total. The van der Waals surface area contributed by atoms with Crippen LogP contribution in [0.5, 0.6) is 0 Å². The molecule has 0 unspecified atom stereocenters. The van der Waals surface area contributed by atoms with Crippen LogP contribution in [0.4, 0.5) is 11.4 Å². The summed E-state index contributed by atoms with van der Waals surface area (Å²) >= 11 is 0. The molecule has 2 aliphatic heterocycles. The largest absolute Gasteiger partial charge is 0.367 e. The van der Waals surface area contributed by atoms with Crippen LogP contribution in [0.2, 0.25) is 0 Å². The third-order valence-electron chi connectivity index (χ3n) is 6.48. The van der Waals surface area contributed by atoms with Crippen molar-refractivity contribution in [3.63, 3.8) is 0 Å². The molecule has 0 bridgehead atoms. The molecular weight excluding hydrogens is 380 g/mol. The van der Waals surface area contributed by atoms with Gasteiger partial charge in [0.05, 0.1) is 6.04 Å². The van der Waals surface area contributed by atoms with Crippen molar-refractivity contribution in [1.29, 1.82) is 0 Å². The first-order valence-electron chi connectivity index (χ1n) is 11.6. The molecule has 164 valence electrons. The number of aryl methyl sites for hydroxylation is 2. The molecule has 1 saturated heterocycles. The van der Waals surface area contributed by atoms with Crippen molar-refractivity contribution in [2.24, 2.45) is 16.8 Å². The fourth-order valence-corrected chi connectivity index (χ4v) is 4.20. The molecule has 1 fully saturated rings. The van der Waals surface area contributed by atoms with Crippen molar-refractivity contribution in [3.8, 4) is 0 Å². The Hall–Kier alpha value is -2.75. The van der Waals surface area contributed by atoms with Crippen LogP contribution < -0.4 is 15.1 Å². The molecule has 2 atom stereocenters. The van der Waals surface area contributed by atoms with E-state index < -0.39 is 0 Å². The Morgan fingerprint density at radius 3 is 1.87 bits per heavy atom. The normalized spacial score (nSPS) is 22.6. The van der Waals surface area contributed by atoms with E-state index in [1.807, 2.05) is 0 Å². The van der Waals surface area contributed by atoms with Gasteiger partial charge in [-0.25, -0.2) is 0 Å². The summed E-state index contributed by atoms with van der Waals surface area (Å²) in [5, 5.41) is 3.79. The molecule has 4 heteroatoms. The van der Waals surface area contributed by atoms with Crippen molar-refractivity contribution in [3.05, 3.63) is 71.6 Å². The fourth-order valence-electron chi connectivity index (χ4n) is 4.20. The first-order valence-corrected chi connectivity index (χ1v) is 11.6. The van der Waals surface area contributed by atoms with Crippen molar-refractivity contribution in [2.45, 2.75) is 53.6 Å². The lowest BCUT2D eigenvalue weighted by Gasteiger charge is -2.23. The van der Waals surface area contributed by atoms with E-state index in [9.17, 15) is 0 Å². The number of hydrogen-bond donors (Lipinski definition) is 1. The first kappa shape index (κ1) is 21.5. The first-order chi connectivity index (χ1) is 14.8. The van der Waals surface area contributed by atoms with E-state index in [2.05, 4.69) is 111 Å².